The quantitative estimate of drug-likeness (QED) is 0.846. The fourth-order valence-corrected chi connectivity index (χ4v) is 3.12. The highest BCUT2D eigenvalue weighted by Gasteiger charge is 2.30. The molecule has 0 bridgehead atoms. The van der Waals surface area contributed by atoms with Crippen LogP contribution in [0, 0.1) is 5.92 Å². The molecule has 23 heavy (non-hydrogen) atoms. The summed E-state index contributed by atoms with van der Waals surface area (Å²) in [7, 11) is 0. The molecule has 1 aliphatic heterocycles. The number of benzene rings is 1. The lowest BCUT2D eigenvalue weighted by molar-refractivity contribution is 0.0634. The molecule has 5 nitrogen and oxygen atoms in total. The number of hydrogen-bond donors (Lipinski definition) is 2. The first-order valence-corrected chi connectivity index (χ1v) is 8.58. The number of rotatable bonds is 6. The smallest absolute Gasteiger partial charge is 0.407 e. The van der Waals surface area contributed by atoms with E-state index in [2.05, 4.69) is 10.6 Å². The van der Waals surface area contributed by atoms with Gasteiger partial charge in [0.1, 0.15) is 6.61 Å². The molecule has 1 aliphatic carbocycles. The Morgan fingerprint density at radius 3 is 2.61 bits per heavy atom. The molecule has 5 heteroatoms. The van der Waals surface area contributed by atoms with Crippen LogP contribution in [0.2, 0.25) is 0 Å². The van der Waals surface area contributed by atoms with Crippen LogP contribution in [0.4, 0.5) is 4.79 Å². The average Bonchev–Trinajstić information content (AvgIpc) is 2.57. The monoisotopic (exact) mass is 318 g/mol. The second kappa shape index (κ2) is 8.31. The Morgan fingerprint density at radius 2 is 1.87 bits per heavy atom. The largest absolute Gasteiger partial charge is 0.445 e. The van der Waals surface area contributed by atoms with Crippen molar-refractivity contribution in [3.8, 4) is 0 Å². The van der Waals surface area contributed by atoms with Crippen LogP contribution in [-0.2, 0) is 16.1 Å². The number of hydrogen-bond acceptors (Lipinski definition) is 4. The number of ether oxygens (including phenoxy) is 2. The molecule has 1 saturated heterocycles. The highest BCUT2D eigenvalue weighted by Crippen LogP contribution is 2.21. The SMILES string of the molecule is O=C(NC1CC(NCC2CCOCC2)C1)OCc1ccccc1. The molecule has 1 heterocycles. The van der Waals surface area contributed by atoms with Gasteiger partial charge in [0.25, 0.3) is 0 Å². The maximum Gasteiger partial charge on any atom is 0.407 e. The third kappa shape index (κ3) is 5.22. The van der Waals surface area contributed by atoms with E-state index in [1.54, 1.807) is 0 Å². The van der Waals surface area contributed by atoms with E-state index in [1.807, 2.05) is 30.3 Å². The summed E-state index contributed by atoms with van der Waals surface area (Å²) in [6, 6.07) is 10.5. The van der Waals surface area contributed by atoms with E-state index in [0.717, 1.165) is 56.9 Å². The van der Waals surface area contributed by atoms with Crippen molar-refractivity contribution in [3.63, 3.8) is 0 Å². The molecular weight excluding hydrogens is 292 g/mol. The van der Waals surface area contributed by atoms with Gasteiger partial charge < -0.3 is 20.1 Å². The second-order valence-electron chi connectivity index (χ2n) is 6.54. The van der Waals surface area contributed by atoms with Gasteiger partial charge in [-0.3, -0.25) is 0 Å². The first-order valence-electron chi connectivity index (χ1n) is 8.58. The predicted molar refractivity (Wildman–Crippen MR) is 88.1 cm³/mol. The van der Waals surface area contributed by atoms with Crippen LogP contribution in [0.15, 0.2) is 30.3 Å². The third-order valence-corrected chi connectivity index (χ3v) is 4.71. The Labute approximate surface area is 137 Å². The van der Waals surface area contributed by atoms with Gasteiger partial charge in [0, 0.05) is 25.3 Å². The van der Waals surface area contributed by atoms with Crippen LogP contribution >= 0.6 is 0 Å². The summed E-state index contributed by atoms with van der Waals surface area (Å²) in [4.78, 5) is 11.8. The van der Waals surface area contributed by atoms with Crippen molar-refractivity contribution in [3.05, 3.63) is 35.9 Å². The van der Waals surface area contributed by atoms with Crippen LogP contribution in [-0.4, -0.2) is 37.9 Å². The number of carbonyl (C=O) groups excluding carboxylic acids is 1. The van der Waals surface area contributed by atoms with Crippen molar-refractivity contribution in [1.29, 1.82) is 0 Å². The first kappa shape index (κ1) is 16.3. The van der Waals surface area contributed by atoms with Gasteiger partial charge in [-0.2, -0.15) is 0 Å². The minimum absolute atomic E-state index is 0.241. The van der Waals surface area contributed by atoms with Crippen molar-refractivity contribution in [2.24, 2.45) is 5.92 Å². The van der Waals surface area contributed by atoms with E-state index in [9.17, 15) is 4.79 Å². The Hall–Kier alpha value is -1.59. The predicted octanol–water partition coefficient (Wildman–Crippen LogP) is 2.46. The van der Waals surface area contributed by atoms with Crippen LogP contribution < -0.4 is 10.6 Å². The van der Waals surface area contributed by atoms with Crippen molar-refractivity contribution in [2.45, 2.75) is 44.4 Å². The van der Waals surface area contributed by atoms with E-state index in [-0.39, 0.29) is 12.1 Å². The highest BCUT2D eigenvalue weighted by molar-refractivity contribution is 5.67. The van der Waals surface area contributed by atoms with E-state index in [4.69, 9.17) is 9.47 Å². The normalized spacial score (nSPS) is 24.7. The molecule has 126 valence electrons. The van der Waals surface area contributed by atoms with Crippen LogP contribution in [0.3, 0.4) is 0 Å². The van der Waals surface area contributed by atoms with Gasteiger partial charge >= 0.3 is 6.09 Å². The van der Waals surface area contributed by atoms with E-state index in [1.165, 1.54) is 0 Å². The van der Waals surface area contributed by atoms with Crippen molar-refractivity contribution in [1.82, 2.24) is 10.6 Å². The van der Waals surface area contributed by atoms with Gasteiger partial charge in [0.05, 0.1) is 0 Å². The Morgan fingerprint density at radius 1 is 1.13 bits per heavy atom. The Bertz CT molecular complexity index is 482. The highest BCUT2D eigenvalue weighted by atomic mass is 16.5. The van der Waals surface area contributed by atoms with Gasteiger partial charge in [-0.25, -0.2) is 4.79 Å². The minimum Gasteiger partial charge on any atom is -0.445 e. The lowest BCUT2D eigenvalue weighted by atomic mass is 9.86. The summed E-state index contributed by atoms with van der Waals surface area (Å²) >= 11 is 0. The Balaban J connectivity index is 1.25. The van der Waals surface area contributed by atoms with Crippen LogP contribution in [0.5, 0.6) is 0 Å². The van der Waals surface area contributed by atoms with Gasteiger partial charge in [-0.15, -0.1) is 0 Å². The topological polar surface area (TPSA) is 59.6 Å². The van der Waals surface area contributed by atoms with Crippen molar-refractivity contribution in [2.75, 3.05) is 19.8 Å². The number of nitrogens with one attached hydrogen (secondary N) is 2. The molecule has 2 fully saturated rings. The summed E-state index contributed by atoms with van der Waals surface area (Å²) in [6.07, 6.45) is 3.98. The molecule has 0 aromatic heterocycles. The lowest BCUT2D eigenvalue weighted by Gasteiger charge is -2.37. The summed E-state index contributed by atoms with van der Waals surface area (Å²) in [5, 5.41) is 6.54. The average molecular weight is 318 g/mol. The molecule has 0 radical (unpaired) electrons. The summed E-state index contributed by atoms with van der Waals surface area (Å²) in [5.74, 6) is 0.742. The standard InChI is InChI=1S/C18H26N2O3/c21-18(23-13-15-4-2-1-3-5-15)20-17-10-16(11-17)19-12-14-6-8-22-9-7-14/h1-5,14,16-17,19H,6-13H2,(H,20,21). The molecule has 2 N–H and O–H groups in total. The maximum atomic E-state index is 11.8. The molecular formula is C18H26N2O3. The van der Waals surface area contributed by atoms with E-state index < -0.39 is 0 Å². The van der Waals surface area contributed by atoms with Crippen LogP contribution in [0.25, 0.3) is 0 Å². The summed E-state index contributed by atoms with van der Waals surface area (Å²) in [5.41, 5.74) is 1.01. The zero-order valence-corrected chi connectivity index (χ0v) is 13.5. The van der Waals surface area contributed by atoms with Crippen LogP contribution in [0.1, 0.15) is 31.2 Å². The van der Waals surface area contributed by atoms with Gasteiger partial charge in [-0.1, -0.05) is 30.3 Å². The Kier molecular flexibility index (Phi) is 5.88. The van der Waals surface area contributed by atoms with Gasteiger partial charge in [-0.05, 0) is 43.7 Å². The molecule has 2 aliphatic rings. The summed E-state index contributed by atoms with van der Waals surface area (Å²) < 4.78 is 10.6. The molecule has 3 rings (SSSR count). The zero-order valence-electron chi connectivity index (χ0n) is 13.5. The number of amides is 1. The zero-order chi connectivity index (χ0) is 15.9. The van der Waals surface area contributed by atoms with E-state index >= 15 is 0 Å². The lowest BCUT2D eigenvalue weighted by Crippen LogP contribution is -2.53. The summed E-state index contributed by atoms with van der Waals surface area (Å²) in [6.45, 7) is 3.19. The van der Waals surface area contributed by atoms with Gasteiger partial charge in [0.2, 0.25) is 0 Å². The first-order chi connectivity index (χ1) is 11.3. The number of alkyl carbamates (subject to hydrolysis) is 1. The number of carbonyl (C=O) groups is 1. The third-order valence-electron chi connectivity index (χ3n) is 4.71. The fraction of sp³-hybridized carbons (Fsp3) is 0.611. The minimum atomic E-state index is -0.318. The molecule has 1 aromatic rings. The fourth-order valence-electron chi connectivity index (χ4n) is 3.12. The molecule has 0 atom stereocenters. The molecule has 1 aromatic carbocycles. The van der Waals surface area contributed by atoms with E-state index in [0.29, 0.717) is 12.6 Å². The molecule has 1 amide bonds. The van der Waals surface area contributed by atoms with Crippen molar-refractivity contribution < 1.29 is 14.3 Å². The molecule has 0 unspecified atom stereocenters. The van der Waals surface area contributed by atoms with Gasteiger partial charge in [0.15, 0.2) is 0 Å². The van der Waals surface area contributed by atoms with Crippen molar-refractivity contribution >= 4 is 6.09 Å². The maximum absolute atomic E-state index is 11.8. The molecule has 1 saturated carbocycles. The molecule has 0 spiro atoms. The second-order valence-corrected chi connectivity index (χ2v) is 6.54.